The van der Waals surface area contributed by atoms with E-state index >= 15 is 0 Å². The zero-order chi connectivity index (χ0) is 15.7. The van der Waals surface area contributed by atoms with Crippen LogP contribution in [0.3, 0.4) is 0 Å². The molecular formula is C17H12F3NO. The monoisotopic (exact) mass is 303 g/mol. The van der Waals surface area contributed by atoms with E-state index in [9.17, 15) is 18.3 Å². The van der Waals surface area contributed by atoms with Gasteiger partial charge in [0.2, 0.25) is 0 Å². The molecule has 0 radical (unpaired) electrons. The Hall–Kier alpha value is -2.56. The normalized spacial score (nSPS) is 11.8. The third-order valence-electron chi connectivity index (χ3n) is 3.49. The Morgan fingerprint density at radius 1 is 0.955 bits per heavy atom. The number of hydrogen-bond acceptors (Lipinski definition) is 2. The number of pyridine rings is 1. The second-order valence-electron chi connectivity index (χ2n) is 4.99. The van der Waals surface area contributed by atoms with Gasteiger partial charge in [-0.2, -0.15) is 13.2 Å². The molecule has 0 aliphatic rings. The highest BCUT2D eigenvalue weighted by Gasteiger charge is 2.33. The molecule has 0 amide bonds. The predicted octanol–water partition coefficient (Wildman–Crippen LogP) is 4.55. The molecule has 2 aromatic carbocycles. The Kier molecular flexibility index (Phi) is 3.48. The molecule has 0 saturated heterocycles. The first-order valence-electron chi connectivity index (χ1n) is 6.67. The molecule has 0 fully saturated rings. The van der Waals surface area contributed by atoms with E-state index in [1.54, 1.807) is 0 Å². The number of hydrogen-bond donors (Lipinski definition) is 1. The van der Waals surface area contributed by atoms with Crippen molar-refractivity contribution in [1.29, 1.82) is 0 Å². The van der Waals surface area contributed by atoms with E-state index in [-0.39, 0.29) is 16.7 Å². The van der Waals surface area contributed by atoms with Crippen LogP contribution < -0.4 is 0 Å². The summed E-state index contributed by atoms with van der Waals surface area (Å²) < 4.78 is 38.9. The van der Waals surface area contributed by atoms with Crippen LogP contribution in [0.2, 0.25) is 0 Å². The van der Waals surface area contributed by atoms with Crippen molar-refractivity contribution in [3.8, 4) is 5.75 Å². The molecule has 3 rings (SSSR count). The van der Waals surface area contributed by atoms with Gasteiger partial charge >= 0.3 is 6.18 Å². The van der Waals surface area contributed by atoms with Gasteiger partial charge in [0, 0.05) is 23.6 Å². The second kappa shape index (κ2) is 5.33. The van der Waals surface area contributed by atoms with Gasteiger partial charge in [-0.15, -0.1) is 0 Å². The fourth-order valence-electron chi connectivity index (χ4n) is 2.42. The third kappa shape index (κ3) is 2.62. The van der Waals surface area contributed by atoms with E-state index in [0.29, 0.717) is 12.0 Å². The summed E-state index contributed by atoms with van der Waals surface area (Å²) in [4.78, 5) is 3.92. The smallest absolute Gasteiger partial charge is 0.418 e. The van der Waals surface area contributed by atoms with Crippen molar-refractivity contribution in [2.75, 3.05) is 0 Å². The van der Waals surface area contributed by atoms with Gasteiger partial charge in [0.25, 0.3) is 0 Å². The quantitative estimate of drug-likeness (QED) is 0.753. The highest BCUT2D eigenvalue weighted by Crippen LogP contribution is 2.37. The van der Waals surface area contributed by atoms with Gasteiger partial charge in [0.1, 0.15) is 5.75 Å². The molecular weight excluding hydrogens is 291 g/mol. The maximum absolute atomic E-state index is 13.0. The molecule has 0 bridgehead atoms. The van der Waals surface area contributed by atoms with E-state index < -0.39 is 11.7 Å². The molecule has 0 atom stereocenters. The zero-order valence-corrected chi connectivity index (χ0v) is 11.4. The minimum absolute atomic E-state index is 0.114. The van der Waals surface area contributed by atoms with Crippen LogP contribution in [0, 0.1) is 0 Å². The summed E-state index contributed by atoms with van der Waals surface area (Å²) in [5.41, 5.74) is 0.375. The van der Waals surface area contributed by atoms with Crippen LogP contribution in [0.5, 0.6) is 5.75 Å². The summed E-state index contributed by atoms with van der Waals surface area (Å²) in [5, 5.41) is 10.4. The van der Waals surface area contributed by atoms with Crippen molar-refractivity contribution in [2.24, 2.45) is 0 Å². The van der Waals surface area contributed by atoms with Crippen LogP contribution in [0.25, 0.3) is 10.9 Å². The summed E-state index contributed by atoms with van der Waals surface area (Å²) in [7, 11) is 0. The van der Waals surface area contributed by atoms with Crippen molar-refractivity contribution in [3.63, 3.8) is 0 Å². The van der Waals surface area contributed by atoms with Gasteiger partial charge in [-0.25, -0.2) is 0 Å². The minimum atomic E-state index is -4.50. The average molecular weight is 303 g/mol. The number of fused-ring (bicyclic) bond motifs is 1. The molecule has 0 unspecified atom stereocenters. The van der Waals surface area contributed by atoms with E-state index in [1.165, 1.54) is 18.3 Å². The number of aromatic nitrogens is 1. The minimum Gasteiger partial charge on any atom is -0.507 e. The summed E-state index contributed by atoms with van der Waals surface area (Å²) >= 11 is 0. The molecule has 0 saturated carbocycles. The van der Waals surface area contributed by atoms with Crippen molar-refractivity contribution in [2.45, 2.75) is 12.6 Å². The molecule has 22 heavy (non-hydrogen) atoms. The highest BCUT2D eigenvalue weighted by atomic mass is 19.4. The first-order valence-corrected chi connectivity index (χ1v) is 6.67. The van der Waals surface area contributed by atoms with Gasteiger partial charge in [-0.05, 0) is 17.7 Å². The lowest BCUT2D eigenvalue weighted by atomic mass is 10.0. The summed E-state index contributed by atoms with van der Waals surface area (Å²) in [6.45, 7) is 0. The Balaban J connectivity index is 2.11. The lowest BCUT2D eigenvalue weighted by molar-refractivity contribution is -0.136. The van der Waals surface area contributed by atoms with Gasteiger partial charge in [-0.3, -0.25) is 4.98 Å². The largest absolute Gasteiger partial charge is 0.507 e. The van der Waals surface area contributed by atoms with Crippen LogP contribution >= 0.6 is 0 Å². The number of rotatable bonds is 2. The Morgan fingerprint density at radius 3 is 2.36 bits per heavy atom. The SMILES string of the molecule is Oc1c(Cc2ccccc2)cnc2c(C(F)(F)F)cccc12. The predicted molar refractivity (Wildman–Crippen MR) is 77.7 cm³/mol. The van der Waals surface area contributed by atoms with E-state index in [0.717, 1.165) is 11.6 Å². The molecule has 112 valence electrons. The molecule has 3 aromatic rings. The van der Waals surface area contributed by atoms with Crippen LogP contribution in [0.15, 0.2) is 54.7 Å². The first kappa shape index (κ1) is 14.4. The number of aromatic hydroxyl groups is 1. The molecule has 1 N–H and O–H groups in total. The molecule has 0 aliphatic carbocycles. The van der Waals surface area contributed by atoms with Gasteiger partial charge in [-0.1, -0.05) is 36.4 Å². The van der Waals surface area contributed by atoms with Crippen LogP contribution in [-0.4, -0.2) is 10.1 Å². The lowest BCUT2D eigenvalue weighted by Gasteiger charge is -2.12. The Morgan fingerprint density at radius 2 is 1.68 bits per heavy atom. The lowest BCUT2D eigenvalue weighted by Crippen LogP contribution is -2.06. The molecule has 2 nitrogen and oxygen atoms in total. The average Bonchev–Trinajstić information content (AvgIpc) is 2.50. The second-order valence-corrected chi connectivity index (χ2v) is 4.99. The molecule has 5 heteroatoms. The van der Waals surface area contributed by atoms with E-state index in [4.69, 9.17) is 0 Å². The number of alkyl halides is 3. The van der Waals surface area contributed by atoms with Crippen LogP contribution in [-0.2, 0) is 12.6 Å². The Labute approximate surface area is 124 Å². The topological polar surface area (TPSA) is 33.1 Å². The van der Waals surface area contributed by atoms with Crippen LogP contribution in [0.4, 0.5) is 13.2 Å². The summed E-state index contributed by atoms with van der Waals surface area (Å²) in [5.74, 6) is -0.153. The number of benzene rings is 2. The van der Waals surface area contributed by atoms with Crippen molar-refractivity contribution in [3.05, 3.63) is 71.4 Å². The highest BCUT2D eigenvalue weighted by molar-refractivity contribution is 5.88. The fraction of sp³-hybridized carbons (Fsp3) is 0.118. The summed E-state index contributed by atoms with van der Waals surface area (Å²) in [6.07, 6.45) is -2.79. The number of para-hydroxylation sites is 1. The Bertz CT molecular complexity index is 813. The van der Waals surface area contributed by atoms with Crippen molar-refractivity contribution < 1.29 is 18.3 Å². The maximum atomic E-state index is 13.0. The molecule has 1 heterocycles. The first-order chi connectivity index (χ1) is 10.5. The fourth-order valence-corrected chi connectivity index (χ4v) is 2.42. The van der Waals surface area contributed by atoms with Crippen molar-refractivity contribution >= 4 is 10.9 Å². The standard InChI is InChI=1S/C17H12F3NO/c18-17(19,20)14-8-4-7-13-15(14)21-10-12(16(13)22)9-11-5-2-1-3-6-11/h1-8,10H,9H2,(H,21,22). The summed E-state index contributed by atoms with van der Waals surface area (Å²) in [6, 6.07) is 13.1. The molecule has 0 aliphatic heterocycles. The third-order valence-corrected chi connectivity index (χ3v) is 3.49. The number of nitrogens with zero attached hydrogens (tertiary/aromatic N) is 1. The van der Waals surface area contributed by atoms with Gasteiger partial charge < -0.3 is 5.11 Å². The molecule has 0 spiro atoms. The van der Waals surface area contributed by atoms with E-state index in [1.807, 2.05) is 30.3 Å². The van der Waals surface area contributed by atoms with Gasteiger partial charge in [0.15, 0.2) is 0 Å². The van der Waals surface area contributed by atoms with Crippen LogP contribution in [0.1, 0.15) is 16.7 Å². The van der Waals surface area contributed by atoms with Gasteiger partial charge in [0.05, 0.1) is 11.1 Å². The zero-order valence-electron chi connectivity index (χ0n) is 11.4. The van der Waals surface area contributed by atoms with Crippen molar-refractivity contribution in [1.82, 2.24) is 4.98 Å². The van der Waals surface area contributed by atoms with E-state index in [2.05, 4.69) is 4.98 Å². The molecule has 1 aromatic heterocycles. The number of halogens is 3. The maximum Gasteiger partial charge on any atom is 0.418 e.